The predicted molar refractivity (Wildman–Crippen MR) is 58.3 cm³/mol. The number of aryl methyl sites for hydroxylation is 1. The standard InChI is InChI=1S/C12H14FNO/c1-3-14-9(8-15-2)7-10-11(13)5-4-6-12(10)14/h4-7H,3,8H2,1-2H3. The third-order valence-electron chi connectivity index (χ3n) is 2.59. The highest BCUT2D eigenvalue weighted by Gasteiger charge is 2.09. The van der Waals surface area contributed by atoms with Crippen molar-refractivity contribution in [2.45, 2.75) is 20.1 Å². The van der Waals surface area contributed by atoms with E-state index in [0.29, 0.717) is 12.0 Å². The fraction of sp³-hybridized carbons (Fsp3) is 0.333. The zero-order chi connectivity index (χ0) is 10.8. The molecule has 0 saturated carbocycles. The van der Waals surface area contributed by atoms with Crippen molar-refractivity contribution in [1.82, 2.24) is 4.57 Å². The van der Waals surface area contributed by atoms with Crippen molar-refractivity contribution in [2.75, 3.05) is 7.11 Å². The van der Waals surface area contributed by atoms with E-state index in [1.165, 1.54) is 6.07 Å². The molecule has 0 atom stereocenters. The Hall–Kier alpha value is -1.35. The lowest BCUT2D eigenvalue weighted by Crippen LogP contribution is -2.01. The Bertz CT molecular complexity index is 476. The number of benzene rings is 1. The van der Waals surface area contributed by atoms with Crippen LogP contribution in [-0.2, 0) is 17.9 Å². The summed E-state index contributed by atoms with van der Waals surface area (Å²) in [6.07, 6.45) is 0. The monoisotopic (exact) mass is 207 g/mol. The van der Waals surface area contributed by atoms with Gasteiger partial charge in [-0.25, -0.2) is 4.39 Å². The number of hydrogen-bond acceptors (Lipinski definition) is 1. The first-order valence-corrected chi connectivity index (χ1v) is 5.03. The maximum atomic E-state index is 13.5. The SMILES string of the molecule is CCn1c(COC)cc2c(F)cccc21. The van der Waals surface area contributed by atoms with Crippen LogP contribution in [0.4, 0.5) is 4.39 Å². The molecule has 0 N–H and O–H groups in total. The van der Waals surface area contributed by atoms with Gasteiger partial charge in [-0.2, -0.15) is 0 Å². The number of nitrogens with zero attached hydrogens (tertiary/aromatic N) is 1. The van der Waals surface area contributed by atoms with Crippen LogP contribution in [0.1, 0.15) is 12.6 Å². The van der Waals surface area contributed by atoms with Crippen LogP contribution in [0.2, 0.25) is 0 Å². The minimum absolute atomic E-state index is 0.169. The summed E-state index contributed by atoms with van der Waals surface area (Å²) in [5, 5.41) is 0.673. The van der Waals surface area contributed by atoms with E-state index < -0.39 is 0 Å². The molecule has 0 aliphatic rings. The molecule has 0 saturated heterocycles. The van der Waals surface area contributed by atoms with Crippen molar-refractivity contribution >= 4 is 10.9 Å². The zero-order valence-electron chi connectivity index (χ0n) is 8.96. The average molecular weight is 207 g/mol. The Labute approximate surface area is 88.3 Å². The molecular formula is C12H14FNO. The van der Waals surface area contributed by atoms with Crippen LogP contribution < -0.4 is 0 Å². The molecule has 2 rings (SSSR count). The topological polar surface area (TPSA) is 14.2 Å². The normalized spacial score (nSPS) is 11.1. The smallest absolute Gasteiger partial charge is 0.132 e. The molecule has 0 radical (unpaired) electrons. The first-order chi connectivity index (χ1) is 7.27. The third-order valence-corrected chi connectivity index (χ3v) is 2.59. The highest BCUT2D eigenvalue weighted by atomic mass is 19.1. The van der Waals surface area contributed by atoms with E-state index in [9.17, 15) is 4.39 Å². The molecule has 0 fully saturated rings. The molecule has 3 heteroatoms. The molecule has 1 aromatic carbocycles. The highest BCUT2D eigenvalue weighted by Crippen LogP contribution is 2.22. The molecular weight excluding hydrogens is 193 g/mol. The van der Waals surface area contributed by atoms with Gasteiger partial charge in [0.05, 0.1) is 12.1 Å². The van der Waals surface area contributed by atoms with Gasteiger partial charge in [0.15, 0.2) is 0 Å². The minimum atomic E-state index is -0.169. The largest absolute Gasteiger partial charge is 0.378 e. The fourth-order valence-corrected chi connectivity index (χ4v) is 1.94. The maximum absolute atomic E-state index is 13.5. The highest BCUT2D eigenvalue weighted by molar-refractivity contribution is 5.81. The summed E-state index contributed by atoms with van der Waals surface area (Å²) >= 11 is 0. The van der Waals surface area contributed by atoms with Gasteiger partial charge in [-0.1, -0.05) is 6.07 Å². The predicted octanol–water partition coefficient (Wildman–Crippen LogP) is 2.95. The molecule has 0 amide bonds. The van der Waals surface area contributed by atoms with Gasteiger partial charge >= 0.3 is 0 Å². The third kappa shape index (κ3) is 1.63. The Morgan fingerprint density at radius 3 is 2.87 bits per heavy atom. The maximum Gasteiger partial charge on any atom is 0.132 e. The van der Waals surface area contributed by atoms with Gasteiger partial charge in [0.25, 0.3) is 0 Å². The van der Waals surface area contributed by atoms with Crippen molar-refractivity contribution < 1.29 is 9.13 Å². The minimum Gasteiger partial charge on any atom is -0.378 e. The Kier molecular flexibility index (Phi) is 2.73. The van der Waals surface area contributed by atoms with Gasteiger partial charge in [-0.05, 0) is 25.1 Å². The number of methoxy groups -OCH3 is 1. The average Bonchev–Trinajstić information content (AvgIpc) is 2.58. The van der Waals surface area contributed by atoms with E-state index in [4.69, 9.17) is 4.74 Å². The summed E-state index contributed by atoms with van der Waals surface area (Å²) < 4.78 is 20.7. The second kappa shape index (κ2) is 4.03. The van der Waals surface area contributed by atoms with Crippen molar-refractivity contribution in [3.8, 4) is 0 Å². The van der Waals surface area contributed by atoms with Gasteiger partial charge in [-0.15, -0.1) is 0 Å². The summed E-state index contributed by atoms with van der Waals surface area (Å²) in [4.78, 5) is 0. The van der Waals surface area contributed by atoms with Crippen LogP contribution in [-0.4, -0.2) is 11.7 Å². The van der Waals surface area contributed by atoms with Crippen molar-refractivity contribution in [3.63, 3.8) is 0 Å². The quantitative estimate of drug-likeness (QED) is 0.754. The van der Waals surface area contributed by atoms with E-state index in [1.54, 1.807) is 13.2 Å². The molecule has 1 aromatic heterocycles. The molecule has 2 nitrogen and oxygen atoms in total. The summed E-state index contributed by atoms with van der Waals surface area (Å²) in [5.41, 5.74) is 1.95. The van der Waals surface area contributed by atoms with Crippen molar-refractivity contribution in [2.24, 2.45) is 0 Å². The Morgan fingerprint density at radius 1 is 1.40 bits per heavy atom. The Morgan fingerprint density at radius 2 is 2.20 bits per heavy atom. The molecule has 0 bridgehead atoms. The molecule has 1 heterocycles. The van der Waals surface area contributed by atoms with Gasteiger partial charge in [0.1, 0.15) is 5.82 Å². The van der Waals surface area contributed by atoms with Gasteiger partial charge in [0, 0.05) is 24.7 Å². The molecule has 80 valence electrons. The van der Waals surface area contributed by atoms with Crippen molar-refractivity contribution in [1.29, 1.82) is 0 Å². The second-order valence-electron chi connectivity index (χ2n) is 3.49. The van der Waals surface area contributed by atoms with Crippen LogP contribution in [0.25, 0.3) is 10.9 Å². The number of aromatic nitrogens is 1. The van der Waals surface area contributed by atoms with Crippen LogP contribution >= 0.6 is 0 Å². The lowest BCUT2D eigenvalue weighted by atomic mass is 10.2. The van der Waals surface area contributed by atoms with Crippen LogP contribution in [0.3, 0.4) is 0 Å². The van der Waals surface area contributed by atoms with E-state index in [2.05, 4.69) is 4.57 Å². The molecule has 0 aliphatic carbocycles. The summed E-state index contributed by atoms with van der Waals surface area (Å²) in [7, 11) is 1.65. The van der Waals surface area contributed by atoms with E-state index in [-0.39, 0.29) is 5.82 Å². The fourth-order valence-electron chi connectivity index (χ4n) is 1.94. The first-order valence-electron chi connectivity index (χ1n) is 5.03. The number of ether oxygens (including phenoxy) is 1. The van der Waals surface area contributed by atoms with Gasteiger partial charge in [0.2, 0.25) is 0 Å². The summed E-state index contributed by atoms with van der Waals surface area (Å²) in [6, 6.07) is 7.01. The second-order valence-corrected chi connectivity index (χ2v) is 3.49. The van der Waals surface area contributed by atoms with Gasteiger partial charge in [-0.3, -0.25) is 0 Å². The summed E-state index contributed by atoms with van der Waals surface area (Å²) in [6.45, 7) is 3.39. The Balaban J connectivity index is 2.67. The van der Waals surface area contributed by atoms with Crippen LogP contribution in [0.5, 0.6) is 0 Å². The molecule has 0 unspecified atom stereocenters. The number of hydrogen-bond donors (Lipinski definition) is 0. The van der Waals surface area contributed by atoms with E-state index in [1.807, 2.05) is 19.1 Å². The first kappa shape index (κ1) is 10.2. The molecule has 15 heavy (non-hydrogen) atoms. The number of halogens is 1. The van der Waals surface area contributed by atoms with Crippen LogP contribution in [0, 0.1) is 5.82 Å². The lowest BCUT2D eigenvalue weighted by Gasteiger charge is -2.06. The zero-order valence-corrected chi connectivity index (χ0v) is 8.96. The van der Waals surface area contributed by atoms with E-state index >= 15 is 0 Å². The summed E-state index contributed by atoms with van der Waals surface area (Å²) in [5.74, 6) is -0.169. The van der Waals surface area contributed by atoms with Gasteiger partial charge < -0.3 is 9.30 Å². The van der Waals surface area contributed by atoms with Crippen molar-refractivity contribution in [3.05, 3.63) is 35.8 Å². The number of rotatable bonds is 3. The molecule has 0 spiro atoms. The number of fused-ring (bicyclic) bond motifs is 1. The van der Waals surface area contributed by atoms with Crippen LogP contribution in [0.15, 0.2) is 24.3 Å². The molecule has 2 aromatic rings. The molecule has 0 aliphatic heterocycles. The van der Waals surface area contributed by atoms with E-state index in [0.717, 1.165) is 17.8 Å². The lowest BCUT2D eigenvalue weighted by molar-refractivity contribution is 0.178.